The molecule has 1 aliphatic rings. The molecule has 0 atom stereocenters. The van der Waals surface area contributed by atoms with Crippen molar-refractivity contribution in [2.24, 2.45) is 0 Å². The van der Waals surface area contributed by atoms with Crippen LogP contribution in [0.4, 0.5) is 5.69 Å². The van der Waals surface area contributed by atoms with Gasteiger partial charge >= 0.3 is 0 Å². The molecule has 4 rings (SSSR count). The van der Waals surface area contributed by atoms with Crippen molar-refractivity contribution in [2.75, 3.05) is 31.1 Å². The molecule has 1 aliphatic heterocycles. The van der Waals surface area contributed by atoms with E-state index in [9.17, 15) is 4.79 Å². The largest absolute Gasteiger partial charge is 0.368 e. The minimum atomic E-state index is -0.0980. The van der Waals surface area contributed by atoms with Crippen LogP contribution in [0.2, 0.25) is 5.02 Å². The highest BCUT2D eigenvalue weighted by molar-refractivity contribution is 6.33. The second-order valence-electron chi connectivity index (χ2n) is 6.11. The summed E-state index contributed by atoms with van der Waals surface area (Å²) >= 11 is 6.28. The zero-order valence-corrected chi connectivity index (χ0v) is 14.4. The molecule has 1 fully saturated rings. The van der Waals surface area contributed by atoms with Crippen molar-refractivity contribution in [2.45, 2.75) is 6.67 Å². The summed E-state index contributed by atoms with van der Waals surface area (Å²) in [5.74, 6) is 0. The van der Waals surface area contributed by atoms with E-state index in [1.807, 2.05) is 36.4 Å². The first-order valence-electron chi connectivity index (χ1n) is 8.27. The minimum absolute atomic E-state index is 0.0980. The van der Waals surface area contributed by atoms with Crippen molar-refractivity contribution in [1.29, 1.82) is 0 Å². The Kier molecular flexibility index (Phi) is 4.38. The molecule has 1 saturated heterocycles. The number of nitrogens with zero attached hydrogens (tertiary/aromatic N) is 5. The van der Waals surface area contributed by atoms with Crippen LogP contribution in [0.3, 0.4) is 0 Å². The summed E-state index contributed by atoms with van der Waals surface area (Å²) < 4.78 is 1.44. The fourth-order valence-corrected chi connectivity index (χ4v) is 3.40. The Bertz CT molecular complexity index is 949. The van der Waals surface area contributed by atoms with Gasteiger partial charge in [-0.05, 0) is 24.3 Å². The molecule has 0 unspecified atom stereocenters. The summed E-state index contributed by atoms with van der Waals surface area (Å²) in [7, 11) is 0. The molecule has 128 valence electrons. The molecular weight excluding hydrogens is 338 g/mol. The van der Waals surface area contributed by atoms with E-state index >= 15 is 0 Å². The number of benzene rings is 2. The molecule has 6 nitrogen and oxygen atoms in total. The third-order valence-electron chi connectivity index (χ3n) is 4.53. The van der Waals surface area contributed by atoms with E-state index < -0.39 is 0 Å². The molecule has 0 spiro atoms. The van der Waals surface area contributed by atoms with Gasteiger partial charge in [-0.15, -0.1) is 5.10 Å². The zero-order chi connectivity index (χ0) is 17.2. The third-order valence-corrected chi connectivity index (χ3v) is 4.85. The number of para-hydroxylation sites is 1. The first-order chi connectivity index (χ1) is 12.2. The molecule has 0 aliphatic carbocycles. The van der Waals surface area contributed by atoms with Crippen LogP contribution in [0, 0.1) is 0 Å². The summed E-state index contributed by atoms with van der Waals surface area (Å²) in [4.78, 5) is 17.0. The average Bonchev–Trinajstić information content (AvgIpc) is 2.65. The number of piperazine rings is 1. The summed E-state index contributed by atoms with van der Waals surface area (Å²) in [6, 6.07) is 15.2. The first-order valence-corrected chi connectivity index (χ1v) is 8.64. The Morgan fingerprint density at radius 1 is 0.960 bits per heavy atom. The summed E-state index contributed by atoms with van der Waals surface area (Å²) in [5, 5.41) is 9.58. The summed E-state index contributed by atoms with van der Waals surface area (Å²) in [6.45, 7) is 3.85. The van der Waals surface area contributed by atoms with E-state index in [1.165, 1.54) is 4.68 Å². The Morgan fingerprint density at radius 2 is 1.68 bits per heavy atom. The number of aromatic nitrogens is 3. The maximum Gasteiger partial charge on any atom is 0.278 e. The molecule has 1 aromatic heterocycles. The van der Waals surface area contributed by atoms with Crippen LogP contribution in [-0.4, -0.2) is 46.1 Å². The molecule has 7 heteroatoms. The van der Waals surface area contributed by atoms with E-state index in [0.29, 0.717) is 17.6 Å². The van der Waals surface area contributed by atoms with Crippen molar-refractivity contribution in [1.82, 2.24) is 19.9 Å². The lowest BCUT2D eigenvalue weighted by atomic mass is 10.2. The predicted octanol–water partition coefficient (Wildman–Crippen LogP) is 2.22. The van der Waals surface area contributed by atoms with Crippen LogP contribution in [0.15, 0.2) is 53.3 Å². The number of hydrogen-bond donors (Lipinski definition) is 0. The van der Waals surface area contributed by atoms with Crippen LogP contribution >= 0.6 is 11.6 Å². The fourth-order valence-electron chi connectivity index (χ4n) is 3.14. The molecule has 0 bridgehead atoms. The Morgan fingerprint density at radius 3 is 2.48 bits per heavy atom. The highest BCUT2D eigenvalue weighted by Crippen LogP contribution is 2.26. The van der Waals surface area contributed by atoms with Gasteiger partial charge in [0, 0.05) is 26.2 Å². The molecule has 0 saturated carbocycles. The van der Waals surface area contributed by atoms with Crippen molar-refractivity contribution < 1.29 is 0 Å². The minimum Gasteiger partial charge on any atom is -0.368 e. The summed E-state index contributed by atoms with van der Waals surface area (Å²) in [6.07, 6.45) is 0. The fraction of sp³-hybridized carbons (Fsp3) is 0.278. The van der Waals surface area contributed by atoms with E-state index in [1.54, 1.807) is 12.1 Å². The van der Waals surface area contributed by atoms with Crippen LogP contribution < -0.4 is 10.5 Å². The van der Waals surface area contributed by atoms with Crippen molar-refractivity contribution in [3.8, 4) is 0 Å². The molecule has 0 radical (unpaired) electrons. The lowest BCUT2D eigenvalue weighted by Gasteiger charge is -2.36. The lowest BCUT2D eigenvalue weighted by molar-refractivity contribution is 0.189. The van der Waals surface area contributed by atoms with E-state index in [4.69, 9.17) is 11.6 Å². The normalized spacial score (nSPS) is 15.6. The van der Waals surface area contributed by atoms with Gasteiger partial charge < -0.3 is 4.90 Å². The number of halogens is 1. The predicted molar refractivity (Wildman–Crippen MR) is 99.0 cm³/mol. The number of fused-ring (bicyclic) bond motifs is 1. The van der Waals surface area contributed by atoms with Crippen LogP contribution in [0.1, 0.15) is 0 Å². The lowest BCUT2D eigenvalue weighted by Crippen LogP contribution is -2.48. The van der Waals surface area contributed by atoms with Crippen molar-refractivity contribution in [3.63, 3.8) is 0 Å². The van der Waals surface area contributed by atoms with Gasteiger partial charge in [-0.2, -0.15) is 4.68 Å². The molecular formula is C18H18ClN5O. The van der Waals surface area contributed by atoms with Gasteiger partial charge in [-0.3, -0.25) is 9.69 Å². The Balaban J connectivity index is 1.46. The monoisotopic (exact) mass is 355 g/mol. The van der Waals surface area contributed by atoms with Gasteiger partial charge in [-0.1, -0.05) is 41.1 Å². The second-order valence-corrected chi connectivity index (χ2v) is 6.52. The quantitative estimate of drug-likeness (QED) is 0.721. The van der Waals surface area contributed by atoms with Gasteiger partial charge in [0.1, 0.15) is 5.52 Å². The van der Waals surface area contributed by atoms with E-state index in [2.05, 4.69) is 20.1 Å². The molecule has 2 aromatic carbocycles. The maximum absolute atomic E-state index is 12.5. The van der Waals surface area contributed by atoms with Gasteiger partial charge in [0.15, 0.2) is 0 Å². The van der Waals surface area contributed by atoms with Gasteiger partial charge in [-0.25, -0.2) is 0 Å². The maximum atomic E-state index is 12.5. The zero-order valence-electron chi connectivity index (χ0n) is 13.7. The van der Waals surface area contributed by atoms with Crippen LogP contribution in [0.25, 0.3) is 10.9 Å². The van der Waals surface area contributed by atoms with Gasteiger partial charge in [0.2, 0.25) is 0 Å². The highest BCUT2D eigenvalue weighted by atomic mass is 35.5. The summed E-state index contributed by atoms with van der Waals surface area (Å²) in [5.41, 5.74) is 1.60. The first kappa shape index (κ1) is 16.1. The number of hydrogen-bond acceptors (Lipinski definition) is 5. The second kappa shape index (κ2) is 6.82. The Labute approximate surface area is 150 Å². The van der Waals surface area contributed by atoms with Crippen LogP contribution in [0.5, 0.6) is 0 Å². The molecule has 25 heavy (non-hydrogen) atoms. The molecule has 0 N–H and O–H groups in total. The molecule has 0 amide bonds. The van der Waals surface area contributed by atoms with E-state index in [-0.39, 0.29) is 5.56 Å². The molecule has 3 aromatic rings. The van der Waals surface area contributed by atoms with E-state index in [0.717, 1.165) is 36.9 Å². The number of anilines is 1. The third kappa shape index (κ3) is 3.23. The van der Waals surface area contributed by atoms with Crippen molar-refractivity contribution >= 4 is 28.2 Å². The smallest absolute Gasteiger partial charge is 0.278 e. The molecule has 2 heterocycles. The van der Waals surface area contributed by atoms with Gasteiger partial charge in [0.25, 0.3) is 5.56 Å². The average molecular weight is 356 g/mol. The topological polar surface area (TPSA) is 54.3 Å². The van der Waals surface area contributed by atoms with Gasteiger partial charge in [0.05, 0.1) is 22.8 Å². The SMILES string of the molecule is O=c1c2ccccc2nnn1CN1CCN(c2ccccc2Cl)CC1. The number of rotatable bonds is 3. The standard InChI is InChI=1S/C18H18ClN5O/c19-15-6-2-4-8-17(15)23-11-9-22(10-12-23)13-24-18(25)14-5-1-3-7-16(14)20-21-24/h1-8H,9-13H2. The Hall–Kier alpha value is -2.44. The van der Waals surface area contributed by atoms with Crippen molar-refractivity contribution in [3.05, 3.63) is 63.9 Å². The highest BCUT2D eigenvalue weighted by Gasteiger charge is 2.19. The van der Waals surface area contributed by atoms with Crippen LogP contribution in [-0.2, 0) is 6.67 Å².